The van der Waals surface area contributed by atoms with Gasteiger partial charge in [-0.15, -0.1) is 0 Å². The molecule has 0 unspecified atom stereocenters. The van der Waals surface area contributed by atoms with E-state index in [0.717, 1.165) is 33.8 Å². The predicted molar refractivity (Wildman–Crippen MR) is 101 cm³/mol. The molecule has 0 fully saturated rings. The van der Waals surface area contributed by atoms with Gasteiger partial charge in [-0.05, 0) is 25.1 Å². The van der Waals surface area contributed by atoms with Crippen LogP contribution in [0.25, 0.3) is 28.1 Å². The van der Waals surface area contributed by atoms with Gasteiger partial charge >= 0.3 is 0 Å². The normalized spacial score (nSPS) is 10.8. The molecule has 0 aliphatic carbocycles. The fraction of sp³-hybridized carbons (Fsp3) is 0.0455. The third-order valence-electron chi connectivity index (χ3n) is 4.28. The SMILES string of the molecule is Cc1nn(-c2ccccc2)c(-c2ccccc2)c1-c1ccccc1O. The fourth-order valence-corrected chi connectivity index (χ4v) is 3.15. The van der Waals surface area contributed by atoms with E-state index in [2.05, 4.69) is 12.1 Å². The Balaban J connectivity index is 2.06. The van der Waals surface area contributed by atoms with Crippen molar-refractivity contribution in [2.75, 3.05) is 0 Å². The summed E-state index contributed by atoms with van der Waals surface area (Å²) in [5, 5.41) is 15.2. The van der Waals surface area contributed by atoms with E-state index in [-0.39, 0.29) is 5.75 Å². The van der Waals surface area contributed by atoms with Crippen LogP contribution < -0.4 is 0 Å². The lowest BCUT2D eigenvalue weighted by atomic mass is 9.98. The number of aromatic nitrogens is 2. The van der Waals surface area contributed by atoms with Crippen LogP contribution in [0.2, 0.25) is 0 Å². The molecule has 0 bridgehead atoms. The minimum Gasteiger partial charge on any atom is -0.507 e. The quantitative estimate of drug-likeness (QED) is 0.560. The maximum atomic E-state index is 10.4. The van der Waals surface area contributed by atoms with Gasteiger partial charge in [0.2, 0.25) is 0 Å². The molecule has 4 aromatic rings. The van der Waals surface area contributed by atoms with Crippen LogP contribution in [0.1, 0.15) is 5.69 Å². The van der Waals surface area contributed by atoms with Gasteiger partial charge in [-0.25, -0.2) is 4.68 Å². The molecular weight excluding hydrogens is 308 g/mol. The first kappa shape index (κ1) is 15.2. The van der Waals surface area contributed by atoms with Crippen LogP contribution in [0.5, 0.6) is 5.75 Å². The molecule has 122 valence electrons. The highest BCUT2D eigenvalue weighted by Crippen LogP contribution is 2.40. The van der Waals surface area contributed by atoms with Gasteiger partial charge in [-0.1, -0.05) is 66.7 Å². The average molecular weight is 326 g/mol. The molecule has 1 aromatic heterocycles. The standard InChI is InChI=1S/C22H18N2O/c1-16-21(19-14-8-9-15-20(19)25)22(17-10-4-2-5-11-17)24(23-16)18-12-6-3-7-13-18/h2-15,25H,1H3. The van der Waals surface area contributed by atoms with E-state index in [1.54, 1.807) is 6.07 Å². The Morgan fingerprint density at radius 1 is 0.760 bits per heavy atom. The number of rotatable bonds is 3. The lowest BCUT2D eigenvalue weighted by Crippen LogP contribution is -1.99. The topological polar surface area (TPSA) is 38.0 Å². The van der Waals surface area contributed by atoms with Gasteiger partial charge in [0, 0.05) is 16.7 Å². The Morgan fingerprint density at radius 3 is 2.04 bits per heavy atom. The van der Waals surface area contributed by atoms with Crippen LogP contribution in [0.3, 0.4) is 0 Å². The van der Waals surface area contributed by atoms with Crippen LogP contribution in [0.4, 0.5) is 0 Å². The predicted octanol–water partition coefficient (Wildman–Crippen LogP) is 5.22. The lowest BCUT2D eigenvalue weighted by molar-refractivity contribution is 0.477. The van der Waals surface area contributed by atoms with Crippen molar-refractivity contribution in [1.82, 2.24) is 9.78 Å². The van der Waals surface area contributed by atoms with Crippen molar-refractivity contribution in [2.24, 2.45) is 0 Å². The molecule has 4 rings (SSSR count). The van der Waals surface area contributed by atoms with E-state index in [1.165, 1.54) is 0 Å². The molecule has 1 N–H and O–H groups in total. The van der Waals surface area contributed by atoms with E-state index in [1.807, 2.05) is 78.3 Å². The number of hydrogen-bond acceptors (Lipinski definition) is 2. The Bertz CT molecular complexity index is 1000. The maximum absolute atomic E-state index is 10.4. The molecule has 1 heterocycles. The van der Waals surface area contributed by atoms with Gasteiger partial charge in [0.1, 0.15) is 5.75 Å². The summed E-state index contributed by atoms with van der Waals surface area (Å²) >= 11 is 0. The largest absolute Gasteiger partial charge is 0.507 e. The molecule has 3 aromatic carbocycles. The number of para-hydroxylation sites is 2. The summed E-state index contributed by atoms with van der Waals surface area (Å²) in [5.41, 5.74) is 5.65. The second kappa shape index (κ2) is 6.29. The van der Waals surface area contributed by atoms with Gasteiger partial charge in [-0.3, -0.25) is 0 Å². The van der Waals surface area contributed by atoms with Crippen LogP contribution >= 0.6 is 0 Å². The second-order valence-electron chi connectivity index (χ2n) is 5.94. The van der Waals surface area contributed by atoms with Crippen LogP contribution in [0.15, 0.2) is 84.9 Å². The highest BCUT2D eigenvalue weighted by Gasteiger charge is 2.21. The molecular formula is C22H18N2O. The number of phenols is 1. The van der Waals surface area contributed by atoms with Gasteiger partial charge in [-0.2, -0.15) is 5.10 Å². The first-order valence-electron chi connectivity index (χ1n) is 8.24. The smallest absolute Gasteiger partial charge is 0.123 e. The van der Waals surface area contributed by atoms with Crippen molar-refractivity contribution in [3.8, 4) is 33.8 Å². The summed E-state index contributed by atoms with van der Waals surface area (Å²) in [7, 11) is 0. The van der Waals surface area contributed by atoms with E-state index < -0.39 is 0 Å². The van der Waals surface area contributed by atoms with E-state index >= 15 is 0 Å². The number of phenolic OH excluding ortho intramolecular Hbond substituents is 1. The molecule has 3 nitrogen and oxygen atoms in total. The van der Waals surface area contributed by atoms with E-state index in [9.17, 15) is 5.11 Å². The zero-order valence-corrected chi connectivity index (χ0v) is 13.9. The van der Waals surface area contributed by atoms with Crippen molar-refractivity contribution >= 4 is 0 Å². The summed E-state index contributed by atoms with van der Waals surface area (Å²) in [6, 6.07) is 27.6. The number of aryl methyl sites for hydroxylation is 1. The highest BCUT2D eigenvalue weighted by molar-refractivity contribution is 5.86. The average Bonchev–Trinajstić information content (AvgIpc) is 3.01. The molecule has 0 atom stereocenters. The Hall–Kier alpha value is -3.33. The van der Waals surface area contributed by atoms with Crippen molar-refractivity contribution in [3.63, 3.8) is 0 Å². The molecule has 0 spiro atoms. The van der Waals surface area contributed by atoms with Crippen molar-refractivity contribution < 1.29 is 5.11 Å². The van der Waals surface area contributed by atoms with Crippen LogP contribution in [-0.4, -0.2) is 14.9 Å². The highest BCUT2D eigenvalue weighted by atomic mass is 16.3. The Labute approximate surface area is 146 Å². The molecule has 0 aliphatic rings. The number of aromatic hydroxyl groups is 1. The van der Waals surface area contributed by atoms with Crippen LogP contribution in [-0.2, 0) is 0 Å². The van der Waals surface area contributed by atoms with Gasteiger partial charge in [0.25, 0.3) is 0 Å². The number of benzene rings is 3. The van der Waals surface area contributed by atoms with Gasteiger partial charge in [0.05, 0.1) is 17.1 Å². The minimum atomic E-state index is 0.260. The number of nitrogens with zero attached hydrogens (tertiary/aromatic N) is 2. The van der Waals surface area contributed by atoms with E-state index in [4.69, 9.17) is 5.10 Å². The van der Waals surface area contributed by atoms with Crippen molar-refractivity contribution in [3.05, 3.63) is 90.6 Å². The third kappa shape index (κ3) is 2.70. The first-order chi connectivity index (χ1) is 12.3. The van der Waals surface area contributed by atoms with Gasteiger partial charge in [0.15, 0.2) is 0 Å². The Morgan fingerprint density at radius 2 is 1.36 bits per heavy atom. The summed E-state index contributed by atoms with van der Waals surface area (Å²) in [4.78, 5) is 0. The van der Waals surface area contributed by atoms with E-state index in [0.29, 0.717) is 0 Å². The third-order valence-corrected chi connectivity index (χ3v) is 4.28. The summed E-state index contributed by atoms with van der Waals surface area (Å²) in [5.74, 6) is 0.260. The fourth-order valence-electron chi connectivity index (χ4n) is 3.15. The lowest BCUT2D eigenvalue weighted by Gasteiger charge is -2.11. The molecule has 0 saturated carbocycles. The summed E-state index contributed by atoms with van der Waals surface area (Å²) in [6.07, 6.45) is 0. The molecule has 0 aliphatic heterocycles. The monoisotopic (exact) mass is 326 g/mol. The van der Waals surface area contributed by atoms with Crippen molar-refractivity contribution in [2.45, 2.75) is 6.92 Å². The molecule has 25 heavy (non-hydrogen) atoms. The Kier molecular flexibility index (Phi) is 3.82. The summed E-state index contributed by atoms with van der Waals surface area (Å²) < 4.78 is 1.95. The first-order valence-corrected chi connectivity index (χ1v) is 8.24. The van der Waals surface area contributed by atoms with Crippen LogP contribution in [0, 0.1) is 6.92 Å². The zero-order chi connectivity index (χ0) is 17.2. The van der Waals surface area contributed by atoms with Gasteiger partial charge < -0.3 is 5.11 Å². The second-order valence-corrected chi connectivity index (χ2v) is 5.94. The summed E-state index contributed by atoms with van der Waals surface area (Å²) in [6.45, 7) is 1.98. The molecule has 0 amide bonds. The maximum Gasteiger partial charge on any atom is 0.123 e. The number of hydrogen-bond donors (Lipinski definition) is 1. The molecule has 0 saturated heterocycles. The van der Waals surface area contributed by atoms with Crippen molar-refractivity contribution in [1.29, 1.82) is 0 Å². The minimum absolute atomic E-state index is 0.260. The molecule has 0 radical (unpaired) electrons. The molecule has 3 heteroatoms. The zero-order valence-electron chi connectivity index (χ0n) is 13.9.